The van der Waals surface area contributed by atoms with Crippen LogP contribution in [0.25, 0.3) is 0 Å². The van der Waals surface area contributed by atoms with Crippen LogP contribution in [0.4, 0.5) is 13.2 Å². The Labute approximate surface area is 186 Å². The predicted molar refractivity (Wildman–Crippen MR) is 114 cm³/mol. The first-order valence-corrected chi connectivity index (χ1v) is 11.5. The molecule has 1 unspecified atom stereocenters. The van der Waals surface area contributed by atoms with Gasteiger partial charge in [0.05, 0.1) is 10.6 Å². The minimum absolute atomic E-state index is 0.000112. The van der Waals surface area contributed by atoms with E-state index in [-0.39, 0.29) is 16.0 Å². The summed E-state index contributed by atoms with van der Waals surface area (Å²) in [6.45, 7) is 0.759. The van der Waals surface area contributed by atoms with Crippen LogP contribution in [0.2, 0.25) is 5.02 Å². The van der Waals surface area contributed by atoms with Gasteiger partial charge in [0.15, 0.2) is 5.69 Å². The van der Waals surface area contributed by atoms with Gasteiger partial charge in [-0.2, -0.15) is 13.2 Å². The van der Waals surface area contributed by atoms with Gasteiger partial charge in [-0.15, -0.1) is 0 Å². The molecule has 0 amide bonds. The van der Waals surface area contributed by atoms with Crippen molar-refractivity contribution in [3.63, 3.8) is 0 Å². The molecular formula is C24H28ClF3N2O. The molecule has 0 radical (unpaired) electrons. The minimum atomic E-state index is -4.52. The largest absolute Gasteiger partial charge is 0.434 e. The van der Waals surface area contributed by atoms with E-state index < -0.39 is 11.9 Å². The summed E-state index contributed by atoms with van der Waals surface area (Å²) >= 11 is 5.82. The molecule has 2 fully saturated rings. The lowest BCUT2D eigenvalue weighted by molar-refractivity contribution is -0.141. The van der Waals surface area contributed by atoms with Gasteiger partial charge in [-0.1, -0.05) is 36.9 Å². The lowest BCUT2D eigenvalue weighted by atomic mass is 9.67. The number of aryl methyl sites for hydroxylation is 1. The summed E-state index contributed by atoms with van der Waals surface area (Å²) in [7, 11) is 0. The topological polar surface area (TPSA) is 35.0 Å². The molecule has 2 aliphatic rings. The summed E-state index contributed by atoms with van der Waals surface area (Å²) in [5, 5.41) is -0.331. The highest BCUT2D eigenvalue weighted by Crippen LogP contribution is 2.50. The number of hydrogen-bond donors (Lipinski definition) is 0. The SMILES string of the molecule is FC(F)(F)c1ncc(CCCCC2(c3ccccn3)CCOC3(CCCC3)C2)cc1Cl. The third kappa shape index (κ3) is 5.06. The maximum Gasteiger partial charge on any atom is 0.434 e. The molecule has 168 valence electrons. The van der Waals surface area contributed by atoms with E-state index in [0.29, 0.717) is 6.42 Å². The number of alkyl halides is 3. The van der Waals surface area contributed by atoms with Gasteiger partial charge in [-0.25, -0.2) is 0 Å². The van der Waals surface area contributed by atoms with Crippen LogP contribution in [0.15, 0.2) is 36.7 Å². The second-order valence-corrected chi connectivity index (χ2v) is 9.45. The zero-order chi connectivity index (χ0) is 22.0. The zero-order valence-electron chi connectivity index (χ0n) is 17.6. The number of pyridine rings is 2. The molecule has 3 heterocycles. The van der Waals surface area contributed by atoms with Crippen LogP contribution < -0.4 is 0 Å². The van der Waals surface area contributed by atoms with Gasteiger partial charge in [0.1, 0.15) is 0 Å². The molecule has 1 aliphatic carbocycles. The Hall–Kier alpha value is -1.66. The second-order valence-electron chi connectivity index (χ2n) is 9.04. The lowest BCUT2D eigenvalue weighted by Gasteiger charge is -2.46. The first-order chi connectivity index (χ1) is 14.8. The number of unbranched alkanes of at least 4 members (excludes halogenated alkanes) is 1. The van der Waals surface area contributed by atoms with Crippen molar-refractivity contribution >= 4 is 11.6 Å². The van der Waals surface area contributed by atoms with Crippen molar-refractivity contribution in [1.29, 1.82) is 0 Å². The number of ether oxygens (including phenoxy) is 1. The minimum Gasteiger partial charge on any atom is -0.375 e. The zero-order valence-corrected chi connectivity index (χ0v) is 18.3. The Morgan fingerprint density at radius 2 is 1.87 bits per heavy atom. The Morgan fingerprint density at radius 1 is 1.06 bits per heavy atom. The predicted octanol–water partition coefficient (Wildman–Crippen LogP) is 6.92. The van der Waals surface area contributed by atoms with Gasteiger partial charge in [-0.05, 0) is 68.7 Å². The van der Waals surface area contributed by atoms with Crippen LogP contribution in [-0.2, 0) is 22.7 Å². The van der Waals surface area contributed by atoms with Gasteiger partial charge in [0, 0.05) is 30.1 Å². The van der Waals surface area contributed by atoms with E-state index in [0.717, 1.165) is 62.8 Å². The maximum atomic E-state index is 12.9. The highest BCUT2D eigenvalue weighted by Gasteiger charge is 2.48. The molecule has 2 aromatic heterocycles. The van der Waals surface area contributed by atoms with Crippen LogP contribution in [0, 0.1) is 0 Å². The quantitative estimate of drug-likeness (QED) is 0.446. The Kier molecular flexibility index (Phi) is 6.59. The van der Waals surface area contributed by atoms with E-state index in [1.165, 1.54) is 25.1 Å². The molecule has 1 aliphatic heterocycles. The fraction of sp³-hybridized carbons (Fsp3) is 0.583. The van der Waals surface area contributed by atoms with Gasteiger partial charge in [0.25, 0.3) is 0 Å². The van der Waals surface area contributed by atoms with Gasteiger partial charge < -0.3 is 4.74 Å². The molecule has 2 aromatic rings. The van der Waals surface area contributed by atoms with Gasteiger partial charge in [-0.3, -0.25) is 9.97 Å². The Balaban J connectivity index is 1.42. The monoisotopic (exact) mass is 452 g/mol. The van der Waals surface area contributed by atoms with Crippen molar-refractivity contribution in [1.82, 2.24) is 9.97 Å². The first kappa shape index (κ1) is 22.5. The van der Waals surface area contributed by atoms with Crippen molar-refractivity contribution in [2.24, 2.45) is 0 Å². The molecule has 4 rings (SSSR count). The molecular weight excluding hydrogens is 425 g/mol. The Morgan fingerprint density at radius 3 is 2.55 bits per heavy atom. The first-order valence-electron chi connectivity index (χ1n) is 11.1. The number of hydrogen-bond acceptors (Lipinski definition) is 3. The van der Waals surface area contributed by atoms with Gasteiger partial charge >= 0.3 is 6.18 Å². The van der Waals surface area contributed by atoms with E-state index in [1.807, 2.05) is 12.3 Å². The van der Waals surface area contributed by atoms with Crippen molar-refractivity contribution < 1.29 is 17.9 Å². The van der Waals surface area contributed by atoms with Crippen molar-refractivity contribution in [3.8, 4) is 0 Å². The second kappa shape index (κ2) is 9.07. The normalized spacial score (nSPS) is 23.4. The fourth-order valence-electron chi connectivity index (χ4n) is 5.41. The smallest absolute Gasteiger partial charge is 0.375 e. The summed E-state index contributed by atoms with van der Waals surface area (Å²) in [4.78, 5) is 8.26. The molecule has 0 N–H and O–H groups in total. The van der Waals surface area contributed by atoms with E-state index >= 15 is 0 Å². The molecule has 1 spiro atoms. The number of aromatic nitrogens is 2. The highest BCUT2D eigenvalue weighted by molar-refractivity contribution is 6.31. The molecule has 1 saturated carbocycles. The van der Waals surface area contributed by atoms with Crippen LogP contribution in [0.5, 0.6) is 0 Å². The molecule has 31 heavy (non-hydrogen) atoms. The van der Waals surface area contributed by atoms with E-state index in [1.54, 1.807) is 0 Å². The lowest BCUT2D eigenvalue weighted by Crippen LogP contribution is -2.46. The average Bonchev–Trinajstić information content (AvgIpc) is 3.18. The summed E-state index contributed by atoms with van der Waals surface area (Å²) in [5.41, 5.74) is 0.851. The van der Waals surface area contributed by atoms with Gasteiger partial charge in [0.2, 0.25) is 0 Å². The van der Waals surface area contributed by atoms with Crippen LogP contribution in [0.3, 0.4) is 0 Å². The highest BCUT2D eigenvalue weighted by atomic mass is 35.5. The summed E-state index contributed by atoms with van der Waals surface area (Å²) in [6, 6.07) is 7.53. The molecule has 3 nitrogen and oxygen atoms in total. The summed E-state index contributed by atoms with van der Waals surface area (Å²) in [6.07, 6.45) is 8.77. The maximum absolute atomic E-state index is 12.9. The van der Waals surface area contributed by atoms with Crippen LogP contribution in [0.1, 0.15) is 74.7 Å². The molecule has 0 bridgehead atoms. The molecule has 7 heteroatoms. The third-order valence-corrected chi connectivity index (χ3v) is 7.20. The van der Waals surface area contributed by atoms with E-state index in [4.69, 9.17) is 21.3 Å². The summed E-state index contributed by atoms with van der Waals surface area (Å²) < 4.78 is 44.9. The molecule has 1 atom stereocenters. The van der Waals surface area contributed by atoms with Crippen molar-refractivity contribution in [3.05, 3.63) is 58.6 Å². The number of halogens is 4. The summed E-state index contributed by atoms with van der Waals surface area (Å²) in [5.74, 6) is 0. The Bertz CT molecular complexity index is 884. The standard InChI is InChI=1S/C24H28ClF3N2O/c25-19-15-18(16-30-21(19)24(26,27)28)7-1-3-9-22(20-8-2-6-13-29-20)12-14-31-23(17-22)10-4-5-11-23/h2,6,8,13,15-16H,1,3-5,7,9-12,14,17H2. The number of rotatable bonds is 6. The van der Waals surface area contributed by atoms with Crippen molar-refractivity contribution in [2.75, 3.05) is 6.61 Å². The molecule has 1 saturated heterocycles. The van der Waals surface area contributed by atoms with Crippen LogP contribution >= 0.6 is 11.6 Å². The van der Waals surface area contributed by atoms with E-state index in [2.05, 4.69) is 17.1 Å². The average molecular weight is 453 g/mol. The van der Waals surface area contributed by atoms with Crippen LogP contribution in [-0.4, -0.2) is 22.2 Å². The van der Waals surface area contributed by atoms with Crippen molar-refractivity contribution in [2.45, 2.75) is 81.4 Å². The third-order valence-electron chi connectivity index (χ3n) is 6.91. The number of nitrogens with zero attached hydrogens (tertiary/aromatic N) is 2. The fourth-order valence-corrected chi connectivity index (χ4v) is 5.71. The molecule has 0 aromatic carbocycles. The van der Waals surface area contributed by atoms with E-state index in [9.17, 15) is 13.2 Å².